The summed E-state index contributed by atoms with van der Waals surface area (Å²) in [6, 6.07) is 16.5. The third-order valence-electron chi connectivity index (χ3n) is 5.18. The summed E-state index contributed by atoms with van der Waals surface area (Å²) in [7, 11) is 0. The van der Waals surface area contributed by atoms with Crippen LogP contribution in [0.3, 0.4) is 0 Å². The standard InChI is InChI=1S/C25H19Cl2N3O3S/c1-2-3-13-32-16-9-7-15(8-10-16)23-28-25-30(29-23)24(31)21(34-25)14-17-11-12-20(33-17)18-5-4-6-19(26)22(18)27/h4-12,14H,2-3,13H2,1H3. The summed E-state index contributed by atoms with van der Waals surface area (Å²) in [5.41, 5.74) is 1.25. The Morgan fingerprint density at radius 3 is 2.71 bits per heavy atom. The smallest absolute Gasteiger partial charge is 0.291 e. The van der Waals surface area contributed by atoms with Crippen molar-refractivity contribution in [1.82, 2.24) is 14.6 Å². The van der Waals surface area contributed by atoms with Crippen molar-refractivity contribution in [2.45, 2.75) is 19.8 Å². The third-order valence-corrected chi connectivity index (χ3v) is 6.96. The summed E-state index contributed by atoms with van der Waals surface area (Å²) in [4.78, 5) is 17.9. The van der Waals surface area contributed by atoms with Crippen molar-refractivity contribution >= 4 is 45.6 Å². The van der Waals surface area contributed by atoms with Crippen LogP contribution in [0.15, 0.2) is 63.8 Å². The van der Waals surface area contributed by atoms with E-state index in [0.29, 0.717) is 49.1 Å². The molecule has 172 valence electrons. The van der Waals surface area contributed by atoms with Gasteiger partial charge in [0.15, 0.2) is 5.82 Å². The third kappa shape index (κ3) is 4.46. The molecule has 6 nitrogen and oxygen atoms in total. The summed E-state index contributed by atoms with van der Waals surface area (Å²) in [6.45, 7) is 2.81. The fourth-order valence-corrected chi connectivity index (χ4v) is 4.67. The van der Waals surface area contributed by atoms with Gasteiger partial charge in [-0.3, -0.25) is 4.79 Å². The molecule has 0 spiro atoms. The van der Waals surface area contributed by atoms with E-state index in [0.717, 1.165) is 24.2 Å². The first kappa shape index (κ1) is 22.7. The number of thiazole rings is 1. The Morgan fingerprint density at radius 1 is 1.12 bits per heavy atom. The van der Waals surface area contributed by atoms with Crippen LogP contribution in [-0.2, 0) is 0 Å². The van der Waals surface area contributed by atoms with Gasteiger partial charge in [0.2, 0.25) is 4.96 Å². The lowest BCUT2D eigenvalue weighted by Crippen LogP contribution is -2.23. The highest BCUT2D eigenvalue weighted by molar-refractivity contribution is 7.15. The molecule has 0 aliphatic rings. The summed E-state index contributed by atoms with van der Waals surface area (Å²) in [5.74, 6) is 2.38. The van der Waals surface area contributed by atoms with Crippen LogP contribution in [0.1, 0.15) is 25.5 Å². The molecule has 9 heteroatoms. The van der Waals surface area contributed by atoms with E-state index in [2.05, 4.69) is 17.0 Å². The van der Waals surface area contributed by atoms with Crippen molar-refractivity contribution in [3.05, 3.63) is 85.3 Å². The van der Waals surface area contributed by atoms with Crippen LogP contribution in [-0.4, -0.2) is 21.2 Å². The number of hydrogen-bond acceptors (Lipinski definition) is 6. The van der Waals surface area contributed by atoms with E-state index < -0.39 is 0 Å². The summed E-state index contributed by atoms with van der Waals surface area (Å²) in [6.07, 6.45) is 3.77. The van der Waals surface area contributed by atoms with Crippen molar-refractivity contribution in [1.29, 1.82) is 0 Å². The molecule has 3 heterocycles. The quantitative estimate of drug-likeness (QED) is 0.246. The monoisotopic (exact) mass is 511 g/mol. The van der Waals surface area contributed by atoms with Crippen LogP contribution in [0.25, 0.3) is 33.7 Å². The van der Waals surface area contributed by atoms with E-state index in [1.807, 2.05) is 30.3 Å². The molecule has 0 bridgehead atoms. The van der Waals surface area contributed by atoms with Crippen molar-refractivity contribution in [3.8, 4) is 28.5 Å². The maximum atomic E-state index is 12.9. The zero-order valence-corrected chi connectivity index (χ0v) is 20.5. The molecule has 0 unspecified atom stereocenters. The number of nitrogens with zero attached hydrogens (tertiary/aromatic N) is 3. The highest BCUT2D eigenvalue weighted by Crippen LogP contribution is 2.34. The first-order valence-electron chi connectivity index (χ1n) is 10.7. The molecule has 0 amide bonds. The maximum Gasteiger partial charge on any atom is 0.291 e. The Kier molecular flexibility index (Phi) is 6.41. The number of hydrogen-bond donors (Lipinski definition) is 0. The van der Waals surface area contributed by atoms with Gasteiger partial charge in [-0.05, 0) is 55.0 Å². The molecule has 2 aromatic carbocycles. The van der Waals surface area contributed by atoms with Gasteiger partial charge in [-0.1, -0.05) is 53.9 Å². The fourth-order valence-electron chi connectivity index (χ4n) is 3.39. The van der Waals surface area contributed by atoms with E-state index in [-0.39, 0.29) is 5.56 Å². The molecule has 0 fully saturated rings. The molecule has 0 saturated carbocycles. The van der Waals surface area contributed by atoms with E-state index in [1.54, 1.807) is 30.3 Å². The normalized spacial score (nSPS) is 12.0. The largest absolute Gasteiger partial charge is 0.494 e. The van der Waals surface area contributed by atoms with Gasteiger partial charge in [0.25, 0.3) is 5.56 Å². The molecule has 5 rings (SSSR count). The van der Waals surface area contributed by atoms with Crippen LogP contribution in [0.2, 0.25) is 10.0 Å². The maximum absolute atomic E-state index is 12.9. The fraction of sp³-hybridized carbons (Fsp3) is 0.160. The number of unbranched alkanes of at least 4 members (excludes halogenated alkanes) is 1. The minimum absolute atomic E-state index is 0.253. The van der Waals surface area contributed by atoms with Crippen LogP contribution < -0.4 is 14.8 Å². The molecule has 0 aliphatic carbocycles. The number of fused-ring (bicyclic) bond motifs is 1. The van der Waals surface area contributed by atoms with Gasteiger partial charge >= 0.3 is 0 Å². The molecule has 34 heavy (non-hydrogen) atoms. The van der Waals surface area contributed by atoms with Crippen LogP contribution in [0.5, 0.6) is 5.75 Å². The molecule has 0 atom stereocenters. The lowest BCUT2D eigenvalue weighted by Gasteiger charge is -2.05. The zero-order chi connectivity index (χ0) is 23.7. The minimum Gasteiger partial charge on any atom is -0.494 e. The van der Waals surface area contributed by atoms with Crippen LogP contribution in [0, 0.1) is 0 Å². The van der Waals surface area contributed by atoms with Gasteiger partial charge in [0.05, 0.1) is 16.7 Å². The van der Waals surface area contributed by atoms with E-state index in [1.165, 1.54) is 15.9 Å². The predicted octanol–water partition coefficient (Wildman–Crippen LogP) is 6.11. The lowest BCUT2D eigenvalue weighted by molar-refractivity contribution is 0.309. The van der Waals surface area contributed by atoms with E-state index in [9.17, 15) is 4.79 Å². The Balaban J connectivity index is 1.41. The van der Waals surface area contributed by atoms with E-state index >= 15 is 0 Å². The summed E-state index contributed by atoms with van der Waals surface area (Å²) < 4.78 is 13.4. The second-order valence-corrected chi connectivity index (χ2v) is 9.37. The molecule has 0 aliphatic heterocycles. The average molecular weight is 512 g/mol. The molecular weight excluding hydrogens is 493 g/mol. The van der Waals surface area contributed by atoms with Crippen molar-refractivity contribution in [3.63, 3.8) is 0 Å². The SMILES string of the molecule is CCCCOc1ccc(-c2nc3sc(=Cc4ccc(-c5cccc(Cl)c5Cl)o4)c(=O)n3n2)cc1. The number of aromatic nitrogens is 3. The van der Waals surface area contributed by atoms with Crippen LogP contribution in [0.4, 0.5) is 0 Å². The number of furan rings is 1. The number of rotatable bonds is 7. The van der Waals surface area contributed by atoms with Gasteiger partial charge < -0.3 is 9.15 Å². The Labute approximate surface area is 209 Å². The van der Waals surface area contributed by atoms with Gasteiger partial charge in [0.1, 0.15) is 21.8 Å². The average Bonchev–Trinajstić information content (AvgIpc) is 3.54. The molecule has 0 saturated heterocycles. The summed E-state index contributed by atoms with van der Waals surface area (Å²) in [5, 5.41) is 5.27. The minimum atomic E-state index is -0.253. The Hall–Kier alpha value is -3.13. The molecule has 0 N–H and O–H groups in total. The van der Waals surface area contributed by atoms with Gasteiger partial charge in [-0.2, -0.15) is 9.50 Å². The lowest BCUT2D eigenvalue weighted by atomic mass is 10.2. The number of halogens is 2. The van der Waals surface area contributed by atoms with Crippen molar-refractivity contribution in [2.75, 3.05) is 6.61 Å². The number of benzene rings is 2. The summed E-state index contributed by atoms with van der Waals surface area (Å²) >= 11 is 13.6. The van der Waals surface area contributed by atoms with Gasteiger partial charge in [0, 0.05) is 17.2 Å². The first-order chi connectivity index (χ1) is 16.5. The second kappa shape index (κ2) is 9.62. The molecule has 5 aromatic rings. The zero-order valence-electron chi connectivity index (χ0n) is 18.1. The van der Waals surface area contributed by atoms with Crippen LogP contribution >= 0.6 is 34.5 Å². The first-order valence-corrected chi connectivity index (χ1v) is 12.3. The van der Waals surface area contributed by atoms with Crippen molar-refractivity contribution in [2.24, 2.45) is 0 Å². The van der Waals surface area contributed by atoms with Gasteiger partial charge in [-0.25, -0.2) is 0 Å². The predicted molar refractivity (Wildman–Crippen MR) is 136 cm³/mol. The van der Waals surface area contributed by atoms with Gasteiger partial charge in [-0.15, -0.1) is 5.10 Å². The molecule has 3 aromatic heterocycles. The van der Waals surface area contributed by atoms with Crippen molar-refractivity contribution < 1.29 is 9.15 Å². The Morgan fingerprint density at radius 2 is 1.94 bits per heavy atom. The van der Waals surface area contributed by atoms with E-state index in [4.69, 9.17) is 32.4 Å². The molecular formula is C25H19Cl2N3O3S. The number of ether oxygens (including phenoxy) is 1. The highest BCUT2D eigenvalue weighted by atomic mass is 35.5. The highest BCUT2D eigenvalue weighted by Gasteiger charge is 2.14. The molecule has 0 radical (unpaired) electrons. The Bertz CT molecular complexity index is 1570. The second-order valence-electron chi connectivity index (χ2n) is 7.58. The topological polar surface area (TPSA) is 69.6 Å².